The molecule has 96 valence electrons. The van der Waals surface area contributed by atoms with E-state index in [1.807, 2.05) is 30.3 Å². The van der Waals surface area contributed by atoms with Gasteiger partial charge in [0.2, 0.25) is 0 Å². The van der Waals surface area contributed by atoms with Gasteiger partial charge >= 0.3 is 0 Å². The van der Waals surface area contributed by atoms with Gasteiger partial charge in [0.25, 0.3) is 0 Å². The van der Waals surface area contributed by atoms with Crippen molar-refractivity contribution in [3.8, 4) is 11.8 Å². The van der Waals surface area contributed by atoms with Gasteiger partial charge in [-0.3, -0.25) is 4.21 Å². The molecule has 1 atom stereocenters. The van der Waals surface area contributed by atoms with Crippen molar-refractivity contribution in [3.05, 3.63) is 59.7 Å². The second-order valence-corrected chi connectivity index (χ2v) is 5.37. The first-order chi connectivity index (χ1) is 9.24. The number of methoxy groups -OCH3 is 1. The lowest BCUT2D eigenvalue weighted by atomic mass is 10.2. The number of rotatable bonds is 4. The van der Waals surface area contributed by atoms with E-state index in [1.54, 1.807) is 25.3 Å². The first kappa shape index (κ1) is 13.3. The van der Waals surface area contributed by atoms with E-state index in [0.717, 1.165) is 5.56 Å². The molecule has 0 saturated heterocycles. The maximum absolute atomic E-state index is 12.4. The maximum atomic E-state index is 12.4. The van der Waals surface area contributed by atoms with Crippen molar-refractivity contribution in [1.82, 2.24) is 0 Å². The molecule has 3 nitrogen and oxygen atoms in total. The number of hydrogen-bond donors (Lipinski definition) is 0. The summed E-state index contributed by atoms with van der Waals surface area (Å²) in [5.74, 6) is 0.998. The van der Waals surface area contributed by atoms with Crippen molar-refractivity contribution in [1.29, 1.82) is 5.26 Å². The summed E-state index contributed by atoms with van der Waals surface area (Å²) in [4.78, 5) is 0.519. The van der Waals surface area contributed by atoms with E-state index in [9.17, 15) is 4.21 Å². The second-order valence-electron chi connectivity index (χ2n) is 3.95. The minimum Gasteiger partial charge on any atom is -0.497 e. The van der Waals surface area contributed by atoms with Gasteiger partial charge < -0.3 is 4.74 Å². The number of benzene rings is 2. The summed E-state index contributed by atoms with van der Waals surface area (Å²) < 4.78 is 17.5. The third-order valence-electron chi connectivity index (χ3n) is 2.70. The summed E-state index contributed by atoms with van der Waals surface area (Å²) in [6, 6.07) is 16.6. The van der Waals surface area contributed by atoms with Crippen LogP contribution < -0.4 is 4.74 Å². The highest BCUT2D eigenvalue weighted by molar-refractivity contribution is 7.84. The van der Waals surface area contributed by atoms with Crippen molar-refractivity contribution < 1.29 is 8.95 Å². The van der Waals surface area contributed by atoms with Gasteiger partial charge in [-0.05, 0) is 23.8 Å². The van der Waals surface area contributed by atoms with Gasteiger partial charge in [0.05, 0.1) is 34.1 Å². The third-order valence-corrected chi connectivity index (χ3v) is 4.12. The Labute approximate surface area is 114 Å². The summed E-state index contributed by atoms with van der Waals surface area (Å²) in [5, 5.41) is 9.07. The van der Waals surface area contributed by atoms with E-state index in [1.165, 1.54) is 0 Å². The highest BCUT2D eigenvalue weighted by atomic mass is 32.2. The fraction of sp³-hybridized carbons (Fsp3) is 0.133. The van der Waals surface area contributed by atoms with E-state index in [4.69, 9.17) is 10.00 Å². The van der Waals surface area contributed by atoms with Gasteiger partial charge in [-0.25, -0.2) is 0 Å². The Kier molecular flexibility index (Phi) is 4.32. The van der Waals surface area contributed by atoms with Crippen LogP contribution in [-0.2, 0) is 16.6 Å². The molecule has 0 spiro atoms. The highest BCUT2D eigenvalue weighted by Gasteiger charge is 2.12. The summed E-state index contributed by atoms with van der Waals surface area (Å²) in [7, 11) is 0.287. The van der Waals surface area contributed by atoms with Crippen LogP contribution >= 0.6 is 0 Å². The smallest absolute Gasteiger partial charge is 0.120 e. The monoisotopic (exact) mass is 271 g/mol. The summed E-state index contributed by atoms with van der Waals surface area (Å²) >= 11 is 0. The maximum Gasteiger partial charge on any atom is 0.120 e. The molecule has 2 aromatic rings. The molecule has 0 fully saturated rings. The van der Waals surface area contributed by atoms with E-state index in [2.05, 4.69) is 6.07 Å². The van der Waals surface area contributed by atoms with Crippen LogP contribution in [0.25, 0.3) is 0 Å². The van der Waals surface area contributed by atoms with Gasteiger partial charge in [-0.15, -0.1) is 0 Å². The molecular formula is C15H13NO2S. The Bertz CT molecular complexity index is 632. The van der Waals surface area contributed by atoms with Crippen LogP contribution in [0.1, 0.15) is 11.1 Å². The molecule has 0 aliphatic heterocycles. The van der Waals surface area contributed by atoms with E-state index < -0.39 is 10.8 Å². The molecule has 0 heterocycles. The Hall–Kier alpha value is -2.12. The normalized spacial score (nSPS) is 11.6. The van der Waals surface area contributed by atoms with Crippen LogP contribution in [0.3, 0.4) is 0 Å². The molecule has 0 saturated carbocycles. The van der Waals surface area contributed by atoms with Crippen LogP contribution in [0.5, 0.6) is 5.75 Å². The van der Waals surface area contributed by atoms with Gasteiger partial charge in [0, 0.05) is 0 Å². The van der Waals surface area contributed by atoms with Crippen molar-refractivity contribution in [2.75, 3.05) is 7.11 Å². The molecule has 4 heteroatoms. The largest absolute Gasteiger partial charge is 0.497 e. The Balaban J connectivity index is 2.30. The topological polar surface area (TPSA) is 50.1 Å². The molecular weight excluding hydrogens is 258 g/mol. The minimum absolute atomic E-state index is 0.392. The van der Waals surface area contributed by atoms with Gasteiger partial charge in [0.15, 0.2) is 0 Å². The van der Waals surface area contributed by atoms with E-state index >= 15 is 0 Å². The minimum atomic E-state index is -1.26. The van der Waals surface area contributed by atoms with Gasteiger partial charge in [0.1, 0.15) is 11.8 Å². The fourth-order valence-corrected chi connectivity index (χ4v) is 2.97. The predicted octanol–water partition coefficient (Wildman–Crippen LogP) is 2.87. The number of ether oxygens (including phenoxy) is 1. The third kappa shape index (κ3) is 3.21. The van der Waals surface area contributed by atoms with Crippen LogP contribution in [0.2, 0.25) is 0 Å². The molecule has 2 rings (SSSR count). The molecule has 0 aliphatic carbocycles. The summed E-state index contributed by atoms with van der Waals surface area (Å²) in [6.45, 7) is 0. The Morgan fingerprint density at radius 3 is 2.58 bits per heavy atom. The van der Waals surface area contributed by atoms with E-state index in [0.29, 0.717) is 22.0 Å². The molecule has 0 aliphatic rings. The second kappa shape index (κ2) is 6.17. The molecule has 0 N–H and O–H groups in total. The molecule has 0 amide bonds. The summed E-state index contributed by atoms with van der Waals surface area (Å²) in [6.07, 6.45) is 0. The molecule has 0 bridgehead atoms. The lowest BCUT2D eigenvalue weighted by Gasteiger charge is -2.07. The number of hydrogen-bond acceptors (Lipinski definition) is 3. The fourth-order valence-electron chi connectivity index (χ4n) is 1.71. The zero-order chi connectivity index (χ0) is 13.7. The zero-order valence-corrected chi connectivity index (χ0v) is 11.3. The average molecular weight is 271 g/mol. The van der Waals surface area contributed by atoms with Crippen molar-refractivity contribution >= 4 is 10.8 Å². The molecule has 0 aromatic heterocycles. The Morgan fingerprint density at radius 2 is 1.95 bits per heavy atom. The summed E-state index contributed by atoms with van der Waals surface area (Å²) in [5.41, 5.74) is 1.41. The van der Waals surface area contributed by atoms with Gasteiger partial charge in [-0.1, -0.05) is 30.3 Å². The van der Waals surface area contributed by atoms with Crippen LogP contribution in [0, 0.1) is 11.3 Å². The molecule has 0 unspecified atom stereocenters. The van der Waals surface area contributed by atoms with Crippen molar-refractivity contribution in [2.24, 2.45) is 0 Å². The van der Waals surface area contributed by atoms with Crippen LogP contribution in [-0.4, -0.2) is 11.3 Å². The lowest BCUT2D eigenvalue weighted by molar-refractivity contribution is 0.413. The number of nitriles is 1. The van der Waals surface area contributed by atoms with Crippen molar-refractivity contribution in [3.63, 3.8) is 0 Å². The van der Waals surface area contributed by atoms with Crippen molar-refractivity contribution in [2.45, 2.75) is 10.6 Å². The standard InChI is InChI=1S/C15H13NO2S/c1-18-14-8-7-13(10-16)15(9-14)19(17)11-12-5-3-2-4-6-12/h2-9H,11H2,1H3/t19-/m1/s1. The molecule has 0 radical (unpaired) electrons. The van der Waals surface area contributed by atoms with Gasteiger partial charge in [-0.2, -0.15) is 5.26 Å². The quantitative estimate of drug-likeness (QED) is 0.859. The lowest BCUT2D eigenvalue weighted by Crippen LogP contribution is -2.00. The first-order valence-corrected chi connectivity index (χ1v) is 7.07. The van der Waals surface area contributed by atoms with Crippen LogP contribution in [0.15, 0.2) is 53.4 Å². The zero-order valence-electron chi connectivity index (χ0n) is 10.5. The van der Waals surface area contributed by atoms with Crippen LogP contribution in [0.4, 0.5) is 0 Å². The van der Waals surface area contributed by atoms with E-state index in [-0.39, 0.29) is 0 Å². The number of nitrogens with zero attached hydrogens (tertiary/aromatic N) is 1. The average Bonchev–Trinajstić information content (AvgIpc) is 2.47. The SMILES string of the molecule is COc1ccc(C#N)c([S@](=O)Cc2ccccc2)c1. The first-order valence-electron chi connectivity index (χ1n) is 5.75. The molecule has 19 heavy (non-hydrogen) atoms. The highest BCUT2D eigenvalue weighted by Crippen LogP contribution is 2.22. The molecule has 2 aromatic carbocycles. The predicted molar refractivity (Wildman–Crippen MR) is 74.3 cm³/mol. The Morgan fingerprint density at radius 1 is 1.21 bits per heavy atom.